The first-order valence-electron chi connectivity index (χ1n) is 8.14. The largest absolute Gasteiger partial charge is 0.311 e. The molecule has 1 atom stereocenters. The lowest BCUT2D eigenvalue weighted by atomic mass is 10.2. The molecule has 0 bridgehead atoms. The standard InChI is InChI=1S/C18H15N3O3S2/c1-11(17(22)20-9-8-12-4-2-3-5-15(12)20)25-18-19-14-7-6-13(21(23)24)10-16(14)26-18/h2-7,10-11H,8-9H2,1H3/t11-/m1/s1. The van der Waals surface area contributed by atoms with Gasteiger partial charge in [0.1, 0.15) is 0 Å². The summed E-state index contributed by atoms with van der Waals surface area (Å²) < 4.78 is 1.50. The van der Waals surface area contributed by atoms with Crippen LogP contribution in [-0.4, -0.2) is 27.6 Å². The zero-order valence-electron chi connectivity index (χ0n) is 13.9. The molecule has 0 aliphatic carbocycles. The van der Waals surface area contributed by atoms with Gasteiger partial charge in [-0.1, -0.05) is 30.0 Å². The van der Waals surface area contributed by atoms with Gasteiger partial charge in [-0.25, -0.2) is 4.98 Å². The van der Waals surface area contributed by atoms with Gasteiger partial charge in [-0.3, -0.25) is 14.9 Å². The van der Waals surface area contributed by atoms with E-state index in [4.69, 9.17) is 0 Å². The lowest BCUT2D eigenvalue weighted by Crippen LogP contribution is -2.35. The van der Waals surface area contributed by atoms with Crippen LogP contribution in [0.3, 0.4) is 0 Å². The highest BCUT2D eigenvalue weighted by Crippen LogP contribution is 2.36. The maximum Gasteiger partial charge on any atom is 0.270 e. The van der Waals surface area contributed by atoms with Crippen molar-refractivity contribution >= 4 is 50.6 Å². The number of aromatic nitrogens is 1. The molecule has 0 fully saturated rings. The molecule has 0 spiro atoms. The molecule has 1 aliphatic rings. The lowest BCUT2D eigenvalue weighted by Gasteiger charge is -2.20. The molecule has 0 saturated carbocycles. The van der Waals surface area contributed by atoms with Crippen LogP contribution < -0.4 is 4.90 Å². The second kappa shape index (κ2) is 6.69. The number of rotatable bonds is 4. The van der Waals surface area contributed by atoms with Gasteiger partial charge in [-0.2, -0.15) is 0 Å². The molecule has 1 aliphatic heterocycles. The highest BCUT2D eigenvalue weighted by molar-refractivity contribution is 8.02. The van der Waals surface area contributed by atoms with Crippen LogP contribution in [0.25, 0.3) is 10.2 Å². The minimum Gasteiger partial charge on any atom is -0.311 e. The van der Waals surface area contributed by atoms with Crippen LogP contribution in [0.4, 0.5) is 11.4 Å². The van der Waals surface area contributed by atoms with Crippen LogP contribution in [0.2, 0.25) is 0 Å². The van der Waals surface area contributed by atoms with Crippen molar-refractivity contribution in [2.45, 2.75) is 22.9 Å². The van der Waals surface area contributed by atoms with E-state index >= 15 is 0 Å². The van der Waals surface area contributed by atoms with Crippen molar-refractivity contribution < 1.29 is 9.72 Å². The molecule has 2 heterocycles. The highest BCUT2D eigenvalue weighted by Gasteiger charge is 2.28. The number of hydrogen-bond acceptors (Lipinski definition) is 6. The maximum atomic E-state index is 12.9. The van der Waals surface area contributed by atoms with Gasteiger partial charge in [0.05, 0.1) is 20.4 Å². The number of nitrogens with zero attached hydrogens (tertiary/aromatic N) is 3. The first-order valence-corrected chi connectivity index (χ1v) is 9.83. The Morgan fingerprint density at radius 2 is 2.15 bits per heavy atom. The minimum absolute atomic E-state index is 0.0514. The van der Waals surface area contributed by atoms with Crippen molar-refractivity contribution in [3.63, 3.8) is 0 Å². The Hall–Kier alpha value is -2.45. The molecule has 0 saturated heterocycles. The van der Waals surface area contributed by atoms with Crippen molar-refractivity contribution in [3.05, 3.63) is 58.1 Å². The van der Waals surface area contributed by atoms with E-state index in [1.165, 1.54) is 40.8 Å². The molecule has 2 aromatic carbocycles. The van der Waals surface area contributed by atoms with Gasteiger partial charge in [0.15, 0.2) is 4.34 Å². The molecule has 1 amide bonds. The molecule has 4 rings (SSSR count). The molecule has 132 valence electrons. The third-order valence-corrected chi connectivity index (χ3v) is 6.54. The predicted molar refractivity (Wildman–Crippen MR) is 104 cm³/mol. The summed E-state index contributed by atoms with van der Waals surface area (Å²) in [5.41, 5.74) is 2.96. The zero-order chi connectivity index (χ0) is 18.3. The van der Waals surface area contributed by atoms with Gasteiger partial charge in [0.2, 0.25) is 5.91 Å². The molecule has 3 aromatic rings. The van der Waals surface area contributed by atoms with Gasteiger partial charge in [0.25, 0.3) is 5.69 Å². The molecule has 6 nitrogen and oxygen atoms in total. The average Bonchev–Trinajstić information content (AvgIpc) is 3.23. The Morgan fingerprint density at radius 3 is 2.96 bits per heavy atom. The van der Waals surface area contributed by atoms with Gasteiger partial charge in [-0.05, 0) is 31.0 Å². The summed E-state index contributed by atoms with van der Waals surface area (Å²) >= 11 is 2.78. The molecule has 8 heteroatoms. The first kappa shape index (κ1) is 17.0. The quantitative estimate of drug-likeness (QED) is 0.381. The van der Waals surface area contributed by atoms with E-state index in [1.807, 2.05) is 30.0 Å². The zero-order valence-corrected chi connectivity index (χ0v) is 15.5. The summed E-state index contributed by atoms with van der Waals surface area (Å²) in [4.78, 5) is 29.7. The van der Waals surface area contributed by atoms with Crippen molar-refractivity contribution in [3.8, 4) is 0 Å². The number of fused-ring (bicyclic) bond motifs is 2. The van der Waals surface area contributed by atoms with Gasteiger partial charge >= 0.3 is 0 Å². The van der Waals surface area contributed by atoms with Gasteiger partial charge < -0.3 is 4.90 Å². The van der Waals surface area contributed by atoms with Crippen molar-refractivity contribution in [2.75, 3.05) is 11.4 Å². The number of benzene rings is 2. The number of nitro benzene ring substituents is 1. The Balaban J connectivity index is 1.53. The normalized spacial score (nSPS) is 14.4. The van der Waals surface area contributed by atoms with Gasteiger partial charge in [0, 0.05) is 24.4 Å². The smallest absolute Gasteiger partial charge is 0.270 e. The summed E-state index contributed by atoms with van der Waals surface area (Å²) in [6.07, 6.45) is 0.879. The summed E-state index contributed by atoms with van der Waals surface area (Å²) in [6, 6.07) is 12.6. The van der Waals surface area contributed by atoms with E-state index in [9.17, 15) is 14.9 Å². The van der Waals surface area contributed by atoms with E-state index in [-0.39, 0.29) is 16.8 Å². The van der Waals surface area contributed by atoms with Crippen LogP contribution in [0, 0.1) is 10.1 Å². The van der Waals surface area contributed by atoms with Crippen molar-refractivity contribution in [2.24, 2.45) is 0 Å². The van der Waals surface area contributed by atoms with E-state index in [2.05, 4.69) is 11.1 Å². The predicted octanol–water partition coefficient (Wildman–Crippen LogP) is 4.27. The third kappa shape index (κ3) is 3.06. The lowest BCUT2D eigenvalue weighted by molar-refractivity contribution is -0.384. The number of thioether (sulfide) groups is 1. The number of nitro groups is 1. The van der Waals surface area contributed by atoms with Crippen LogP contribution in [0.5, 0.6) is 0 Å². The number of carbonyl (C=O) groups excluding carboxylic acids is 1. The highest BCUT2D eigenvalue weighted by atomic mass is 32.2. The monoisotopic (exact) mass is 385 g/mol. The third-order valence-electron chi connectivity index (χ3n) is 4.34. The topological polar surface area (TPSA) is 76.3 Å². The Bertz CT molecular complexity index is 1020. The number of amides is 1. The van der Waals surface area contributed by atoms with E-state index in [1.54, 1.807) is 6.07 Å². The van der Waals surface area contributed by atoms with Crippen LogP contribution in [0.15, 0.2) is 46.8 Å². The number of non-ortho nitro benzene ring substituents is 1. The number of carbonyl (C=O) groups is 1. The van der Waals surface area contributed by atoms with Crippen LogP contribution in [-0.2, 0) is 11.2 Å². The fourth-order valence-electron chi connectivity index (χ4n) is 3.04. The summed E-state index contributed by atoms with van der Waals surface area (Å²) in [5, 5.41) is 10.6. The van der Waals surface area contributed by atoms with E-state index in [0.29, 0.717) is 12.1 Å². The molecule has 0 unspecified atom stereocenters. The van der Waals surface area contributed by atoms with Crippen LogP contribution >= 0.6 is 23.1 Å². The number of hydrogen-bond donors (Lipinski definition) is 0. The maximum absolute atomic E-state index is 12.9. The first-order chi connectivity index (χ1) is 12.5. The summed E-state index contributed by atoms with van der Waals surface area (Å²) in [5.74, 6) is 0.0604. The van der Waals surface area contributed by atoms with E-state index < -0.39 is 4.92 Å². The van der Waals surface area contributed by atoms with Crippen molar-refractivity contribution in [1.29, 1.82) is 0 Å². The number of thiazole rings is 1. The summed E-state index contributed by atoms with van der Waals surface area (Å²) in [7, 11) is 0. The molecular formula is C18H15N3O3S2. The second-order valence-corrected chi connectivity index (χ2v) is 8.64. The Kier molecular flexibility index (Phi) is 4.37. The van der Waals surface area contributed by atoms with E-state index in [0.717, 1.165) is 21.1 Å². The molecule has 0 N–H and O–H groups in total. The fraction of sp³-hybridized carbons (Fsp3) is 0.222. The van der Waals surface area contributed by atoms with Crippen molar-refractivity contribution in [1.82, 2.24) is 4.98 Å². The number of para-hydroxylation sites is 1. The minimum atomic E-state index is -0.414. The summed E-state index contributed by atoms with van der Waals surface area (Å²) in [6.45, 7) is 2.58. The molecular weight excluding hydrogens is 370 g/mol. The number of anilines is 1. The Morgan fingerprint density at radius 1 is 1.35 bits per heavy atom. The van der Waals surface area contributed by atoms with Gasteiger partial charge in [-0.15, -0.1) is 11.3 Å². The molecule has 26 heavy (non-hydrogen) atoms. The second-order valence-electron chi connectivity index (χ2n) is 6.02. The Labute approximate surface area is 158 Å². The molecule has 0 radical (unpaired) electrons. The van der Waals surface area contributed by atoms with Crippen LogP contribution in [0.1, 0.15) is 12.5 Å². The average molecular weight is 385 g/mol. The SMILES string of the molecule is C[C@@H](Sc1nc2ccc([N+](=O)[O-])cc2s1)C(=O)N1CCc2ccccc21. The fourth-order valence-corrected chi connectivity index (χ4v) is 5.35. The molecule has 1 aromatic heterocycles.